The number of carbonyl (C=O) groups excluding carboxylic acids is 1. The van der Waals surface area contributed by atoms with Crippen molar-refractivity contribution in [2.45, 2.75) is 76.5 Å². The van der Waals surface area contributed by atoms with E-state index in [1.54, 1.807) is 25.7 Å². The highest BCUT2D eigenvalue weighted by atomic mass is 19.4. The number of benzene rings is 2. The average molecular weight is 556 g/mol. The van der Waals surface area contributed by atoms with Crippen molar-refractivity contribution in [1.29, 1.82) is 0 Å². The number of anilines is 1. The number of halogens is 9. The zero-order valence-electron chi connectivity index (χ0n) is 20.5. The fourth-order valence-corrected chi connectivity index (χ4v) is 4.74. The summed E-state index contributed by atoms with van der Waals surface area (Å²) in [6.45, 7) is 4.65. The number of rotatable bonds is 7. The van der Waals surface area contributed by atoms with Crippen molar-refractivity contribution in [2.75, 3.05) is 4.90 Å². The number of nitrogens with one attached hydrogen (secondary N) is 1. The van der Waals surface area contributed by atoms with Gasteiger partial charge in [0.2, 0.25) is 0 Å². The molecule has 4 nitrogen and oxygen atoms in total. The number of alkyl halides is 9. The van der Waals surface area contributed by atoms with Gasteiger partial charge in [-0.05, 0) is 74.2 Å². The standard InChI is InChI=1S/C25H25F9N2O2/c1-4-18-11-20(35-12-14-7-16(24(29,30)31)9-17(8-14)25(32,33)34)19-10-15(23(26,27)28)5-6-21(19)36(18)22(2,3)38-13-37/h5-10,13,18,20,35H,4,11-12H2,1-3H3. The van der Waals surface area contributed by atoms with Crippen LogP contribution in [0.15, 0.2) is 36.4 Å². The third kappa shape index (κ3) is 6.36. The second-order valence-corrected chi connectivity index (χ2v) is 9.45. The van der Waals surface area contributed by atoms with Gasteiger partial charge in [0.15, 0.2) is 5.72 Å². The molecular weight excluding hydrogens is 531 g/mol. The zero-order chi connectivity index (χ0) is 28.7. The fourth-order valence-electron chi connectivity index (χ4n) is 4.74. The Labute approximate surface area is 212 Å². The molecule has 1 aliphatic heterocycles. The van der Waals surface area contributed by atoms with Crippen molar-refractivity contribution in [3.8, 4) is 0 Å². The molecule has 1 heterocycles. The molecule has 0 radical (unpaired) electrons. The minimum atomic E-state index is -5.03. The molecule has 0 aliphatic carbocycles. The van der Waals surface area contributed by atoms with Crippen LogP contribution in [0, 0.1) is 0 Å². The Morgan fingerprint density at radius 2 is 1.45 bits per heavy atom. The van der Waals surface area contributed by atoms with Crippen LogP contribution < -0.4 is 10.2 Å². The second kappa shape index (κ2) is 10.3. The molecule has 0 saturated carbocycles. The molecule has 0 aromatic heterocycles. The van der Waals surface area contributed by atoms with Crippen LogP contribution >= 0.6 is 0 Å². The lowest BCUT2D eigenvalue weighted by Gasteiger charge is -2.49. The predicted octanol–water partition coefficient (Wildman–Crippen LogP) is 7.47. The molecule has 0 fully saturated rings. The molecule has 210 valence electrons. The topological polar surface area (TPSA) is 41.6 Å². The van der Waals surface area contributed by atoms with Gasteiger partial charge in [0, 0.05) is 24.3 Å². The highest BCUT2D eigenvalue weighted by Crippen LogP contribution is 2.45. The number of ether oxygens (including phenoxy) is 1. The van der Waals surface area contributed by atoms with Crippen molar-refractivity contribution in [1.82, 2.24) is 5.32 Å². The summed E-state index contributed by atoms with van der Waals surface area (Å²) in [5.41, 5.74) is -5.14. The van der Waals surface area contributed by atoms with E-state index in [1.165, 1.54) is 6.07 Å². The summed E-state index contributed by atoms with van der Waals surface area (Å²) in [5, 5.41) is 2.86. The van der Waals surface area contributed by atoms with Crippen molar-refractivity contribution in [2.24, 2.45) is 0 Å². The minimum absolute atomic E-state index is 0.00905. The number of hydrogen-bond acceptors (Lipinski definition) is 4. The molecule has 2 aromatic rings. The summed E-state index contributed by atoms with van der Waals surface area (Å²) in [6, 6.07) is 2.87. The van der Waals surface area contributed by atoms with E-state index in [4.69, 9.17) is 4.74 Å². The quantitative estimate of drug-likeness (QED) is 0.284. The van der Waals surface area contributed by atoms with Crippen LogP contribution in [-0.4, -0.2) is 18.2 Å². The van der Waals surface area contributed by atoms with E-state index in [1.807, 2.05) is 0 Å². The van der Waals surface area contributed by atoms with Gasteiger partial charge in [0.1, 0.15) is 0 Å². The van der Waals surface area contributed by atoms with Crippen LogP contribution in [0.25, 0.3) is 0 Å². The molecule has 3 rings (SSSR count). The first-order valence-electron chi connectivity index (χ1n) is 11.5. The molecule has 38 heavy (non-hydrogen) atoms. The molecule has 1 aliphatic rings. The SMILES string of the molecule is CCC1CC(NCc2cc(C(F)(F)F)cc(C(F)(F)F)c2)c2cc(C(F)(F)F)ccc2N1C(C)(C)OC=O. The van der Waals surface area contributed by atoms with Gasteiger partial charge >= 0.3 is 18.5 Å². The monoisotopic (exact) mass is 556 g/mol. The maximum Gasteiger partial charge on any atom is 0.416 e. The van der Waals surface area contributed by atoms with Crippen molar-refractivity contribution in [3.05, 3.63) is 64.2 Å². The smallest absolute Gasteiger partial charge is 0.416 e. The van der Waals surface area contributed by atoms with E-state index in [2.05, 4.69) is 5.32 Å². The number of hydrogen-bond donors (Lipinski definition) is 1. The third-order valence-corrected chi connectivity index (χ3v) is 6.45. The van der Waals surface area contributed by atoms with E-state index in [0.717, 1.165) is 12.1 Å². The van der Waals surface area contributed by atoms with Crippen LogP contribution in [0.5, 0.6) is 0 Å². The summed E-state index contributed by atoms with van der Waals surface area (Å²) in [6.07, 6.45) is -14.2. The number of fused-ring (bicyclic) bond motifs is 1. The second-order valence-electron chi connectivity index (χ2n) is 9.45. The Morgan fingerprint density at radius 3 is 1.92 bits per heavy atom. The maximum atomic E-state index is 13.5. The Morgan fingerprint density at radius 1 is 0.895 bits per heavy atom. The van der Waals surface area contributed by atoms with Gasteiger partial charge in [-0.3, -0.25) is 4.79 Å². The van der Waals surface area contributed by atoms with Gasteiger partial charge in [-0.2, -0.15) is 39.5 Å². The molecule has 1 N–H and O–H groups in total. The van der Waals surface area contributed by atoms with Gasteiger partial charge < -0.3 is 15.0 Å². The highest BCUT2D eigenvalue weighted by Gasteiger charge is 2.42. The minimum Gasteiger partial charge on any atom is -0.442 e. The lowest BCUT2D eigenvalue weighted by molar-refractivity contribution is -0.143. The molecule has 0 spiro atoms. The normalized spacial score (nSPS) is 18.8. The lowest BCUT2D eigenvalue weighted by atomic mass is 9.86. The van der Waals surface area contributed by atoms with E-state index in [-0.39, 0.29) is 36.1 Å². The van der Waals surface area contributed by atoms with Gasteiger partial charge in [0.25, 0.3) is 6.47 Å². The first kappa shape index (κ1) is 29.6. The molecule has 2 unspecified atom stereocenters. The Hall–Kier alpha value is -2.96. The van der Waals surface area contributed by atoms with Crippen LogP contribution in [-0.2, 0) is 34.6 Å². The maximum absolute atomic E-state index is 13.5. The van der Waals surface area contributed by atoms with Crippen molar-refractivity contribution in [3.63, 3.8) is 0 Å². The fraction of sp³-hybridized carbons (Fsp3) is 0.480. The summed E-state index contributed by atoms with van der Waals surface area (Å²) >= 11 is 0. The molecule has 0 saturated heterocycles. The summed E-state index contributed by atoms with van der Waals surface area (Å²) in [4.78, 5) is 12.8. The van der Waals surface area contributed by atoms with Gasteiger partial charge in [0.05, 0.1) is 16.7 Å². The molecular formula is C25H25F9N2O2. The lowest BCUT2D eigenvalue weighted by Crippen LogP contribution is -2.55. The Bertz CT molecular complexity index is 1120. The predicted molar refractivity (Wildman–Crippen MR) is 120 cm³/mol. The number of carbonyl (C=O) groups is 1. The first-order chi connectivity index (χ1) is 17.4. The van der Waals surface area contributed by atoms with E-state index >= 15 is 0 Å². The molecule has 2 aromatic carbocycles. The zero-order valence-corrected chi connectivity index (χ0v) is 20.5. The Kier molecular flexibility index (Phi) is 8.03. The number of nitrogens with zero attached hydrogens (tertiary/aromatic N) is 1. The van der Waals surface area contributed by atoms with Crippen LogP contribution in [0.2, 0.25) is 0 Å². The summed E-state index contributed by atoms with van der Waals surface area (Å²) in [5.74, 6) is 0. The summed E-state index contributed by atoms with van der Waals surface area (Å²) in [7, 11) is 0. The van der Waals surface area contributed by atoms with E-state index < -0.39 is 53.5 Å². The molecule has 13 heteroatoms. The largest absolute Gasteiger partial charge is 0.442 e. The van der Waals surface area contributed by atoms with Crippen LogP contribution in [0.3, 0.4) is 0 Å². The molecule has 0 amide bonds. The third-order valence-electron chi connectivity index (χ3n) is 6.45. The molecule has 2 atom stereocenters. The first-order valence-corrected chi connectivity index (χ1v) is 11.5. The highest BCUT2D eigenvalue weighted by molar-refractivity contribution is 5.61. The van der Waals surface area contributed by atoms with Crippen LogP contribution in [0.1, 0.15) is 67.5 Å². The summed E-state index contributed by atoms with van der Waals surface area (Å²) < 4.78 is 125. The average Bonchev–Trinajstić information content (AvgIpc) is 2.79. The van der Waals surface area contributed by atoms with Crippen molar-refractivity contribution >= 4 is 12.2 Å². The molecule has 0 bridgehead atoms. The van der Waals surface area contributed by atoms with Gasteiger partial charge in [-0.25, -0.2) is 0 Å². The van der Waals surface area contributed by atoms with E-state index in [0.29, 0.717) is 24.2 Å². The Balaban J connectivity index is 2.06. The van der Waals surface area contributed by atoms with Crippen LogP contribution in [0.4, 0.5) is 45.2 Å². The van der Waals surface area contributed by atoms with E-state index in [9.17, 15) is 44.3 Å². The van der Waals surface area contributed by atoms with Gasteiger partial charge in [-0.15, -0.1) is 0 Å². The van der Waals surface area contributed by atoms with Crippen molar-refractivity contribution < 1.29 is 49.0 Å². The van der Waals surface area contributed by atoms with Gasteiger partial charge in [-0.1, -0.05) is 6.92 Å².